The lowest BCUT2D eigenvalue weighted by atomic mass is 9.52. The highest BCUT2D eigenvalue weighted by atomic mass is 32.2. The topological polar surface area (TPSA) is 85.8 Å². The highest BCUT2D eigenvalue weighted by molar-refractivity contribution is 8.00. The van der Waals surface area contributed by atoms with Gasteiger partial charge >= 0.3 is 0 Å². The normalized spacial score (nSPS) is 31.0. The first kappa shape index (κ1) is 22.4. The van der Waals surface area contributed by atoms with Crippen LogP contribution < -0.4 is 4.74 Å². The third-order valence-electron chi connectivity index (χ3n) is 9.00. The van der Waals surface area contributed by atoms with Gasteiger partial charge in [0, 0.05) is 33.6 Å². The number of rotatable bonds is 5. The summed E-state index contributed by atoms with van der Waals surface area (Å²) in [7, 11) is 0. The van der Waals surface area contributed by atoms with Gasteiger partial charge < -0.3 is 24.8 Å². The maximum absolute atomic E-state index is 13.6. The number of phenolic OH excluding ortho intramolecular Hbond substituents is 2. The van der Waals surface area contributed by atoms with Crippen LogP contribution in [-0.2, 0) is 4.79 Å². The van der Waals surface area contributed by atoms with Crippen molar-refractivity contribution in [2.75, 3.05) is 12.4 Å². The van der Waals surface area contributed by atoms with Gasteiger partial charge in [0.25, 0.3) is 0 Å². The Balaban J connectivity index is 1.41. The second kappa shape index (κ2) is 8.10. The van der Waals surface area contributed by atoms with Crippen LogP contribution in [-0.4, -0.2) is 43.9 Å². The van der Waals surface area contributed by atoms with Crippen LogP contribution in [0, 0.1) is 17.8 Å². The molecule has 1 amide bonds. The molecule has 5 fully saturated rings. The Hall–Kier alpha value is -2.80. The first-order chi connectivity index (χ1) is 17.4. The summed E-state index contributed by atoms with van der Waals surface area (Å²) in [5, 5.41) is 21.6. The third kappa shape index (κ3) is 3.35. The molecule has 1 saturated heterocycles. The number of hydrogen-bond acceptors (Lipinski definition) is 5. The summed E-state index contributed by atoms with van der Waals surface area (Å²) in [6, 6.07) is 10.8. The number of aromatic nitrogens is 1. The van der Waals surface area contributed by atoms with Crippen molar-refractivity contribution < 1.29 is 19.7 Å². The fourth-order valence-corrected chi connectivity index (χ4v) is 9.50. The van der Waals surface area contributed by atoms with E-state index in [2.05, 4.69) is 16.0 Å². The van der Waals surface area contributed by atoms with Crippen LogP contribution in [0.15, 0.2) is 36.4 Å². The molecule has 4 saturated carbocycles. The van der Waals surface area contributed by atoms with Crippen LogP contribution >= 0.6 is 11.8 Å². The smallest absolute Gasteiger partial charge is 0.234 e. The van der Waals surface area contributed by atoms with Gasteiger partial charge in [0.05, 0.1) is 18.1 Å². The zero-order valence-electron chi connectivity index (χ0n) is 20.5. The lowest BCUT2D eigenvalue weighted by molar-refractivity contribution is -0.148. The summed E-state index contributed by atoms with van der Waals surface area (Å²) >= 11 is 1.70. The van der Waals surface area contributed by atoms with Crippen molar-refractivity contribution in [2.45, 2.75) is 56.4 Å². The van der Waals surface area contributed by atoms with Crippen molar-refractivity contribution in [2.24, 2.45) is 17.8 Å². The minimum atomic E-state index is -0.137. The van der Waals surface area contributed by atoms with Gasteiger partial charge in [-0.05, 0) is 93.5 Å². The fraction of sp³-hybridized carbons (Fsp3) is 0.483. The first-order valence-electron chi connectivity index (χ1n) is 13.2. The molecule has 3 aromatic rings. The van der Waals surface area contributed by atoms with Crippen molar-refractivity contribution in [3.8, 4) is 28.5 Å². The maximum atomic E-state index is 13.6. The minimum Gasteiger partial charge on any atom is -0.508 e. The third-order valence-corrected chi connectivity index (χ3v) is 10.2. The molecule has 3 N–H and O–H groups in total. The van der Waals surface area contributed by atoms with Crippen LogP contribution in [0.4, 0.5) is 0 Å². The SMILES string of the molecule is CCOc1ccc2[nH]c(-c3ccc(O)cc3O)c(C3SCC(=O)N3C34CC5CC(CC(C5)C3)C4)c2c1. The maximum Gasteiger partial charge on any atom is 0.234 e. The van der Waals surface area contributed by atoms with Gasteiger partial charge in [-0.25, -0.2) is 0 Å². The zero-order chi connectivity index (χ0) is 24.6. The first-order valence-corrected chi connectivity index (χ1v) is 14.2. The van der Waals surface area contributed by atoms with Crippen molar-refractivity contribution >= 4 is 28.6 Å². The van der Waals surface area contributed by atoms with Gasteiger partial charge in [-0.2, -0.15) is 0 Å². The molecule has 1 atom stereocenters. The highest BCUT2D eigenvalue weighted by Gasteiger charge is 2.58. The molecular formula is C29H32N2O4S. The molecule has 1 aromatic heterocycles. The summed E-state index contributed by atoms with van der Waals surface area (Å²) in [4.78, 5) is 19.5. The molecule has 5 aliphatic rings. The number of phenols is 2. The number of carbonyl (C=O) groups is 1. The van der Waals surface area contributed by atoms with Gasteiger partial charge in [0.2, 0.25) is 5.91 Å². The van der Waals surface area contributed by atoms with E-state index in [0.717, 1.165) is 64.9 Å². The molecular weight excluding hydrogens is 472 g/mol. The van der Waals surface area contributed by atoms with E-state index in [0.29, 0.717) is 17.9 Å². The van der Waals surface area contributed by atoms with E-state index < -0.39 is 0 Å². The second-order valence-corrected chi connectivity index (χ2v) is 12.4. The number of nitrogens with zero attached hydrogens (tertiary/aromatic N) is 1. The van der Waals surface area contributed by atoms with Crippen molar-refractivity contribution in [3.63, 3.8) is 0 Å². The molecule has 2 heterocycles. The number of benzene rings is 2. The Labute approximate surface area is 215 Å². The number of aromatic amines is 1. The van der Waals surface area contributed by atoms with E-state index in [1.807, 2.05) is 19.1 Å². The van der Waals surface area contributed by atoms with Crippen molar-refractivity contribution in [3.05, 3.63) is 42.0 Å². The largest absolute Gasteiger partial charge is 0.508 e. The zero-order valence-corrected chi connectivity index (χ0v) is 21.3. The van der Waals surface area contributed by atoms with E-state index in [-0.39, 0.29) is 28.3 Å². The predicted octanol–water partition coefficient (Wildman–Crippen LogP) is 6.19. The van der Waals surface area contributed by atoms with Gasteiger partial charge in [-0.3, -0.25) is 4.79 Å². The monoisotopic (exact) mass is 504 g/mol. The van der Waals surface area contributed by atoms with Crippen LogP contribution in [0.5, 0.6) is 17.2 Å². The molecule has 0 radical (unpaired) electrons. The summed E-state index contributed by atoms with van der Waals surface area (Å²) in [5.41, 5.74) is 3.34. The molecule has 8 rings (SSSR count). The highest BCUT2D eigenvalue weighted by Crippen LogP contribution is 2.62. The summed E-state index contributed by atoms with van der Waals surface area (Å²) < 4.78 is 5.85. The van der Waals surface area contributed by atoms with E-state index in [1.165, 1.54) is 25.3 Å². The standard InChI is InChI=1S/C29H32N2O4S/c1-2-35-20-4-6-23-22(11-20)26(27(30-23)21-5-3-19(32)10-24(21)33)28-31(25(34)15-36-28)29-12-16-7-17(13-29)9-18(8-16)14-29/h3-6,10-11,16-18,28,30,32-33H,2,7-9,12-15H2,1H3. The molecule has 0 spiro atoms. The Kier molecular flexibility index (Phi) is 5.04. The van der Waals surface area contributed by atoms with Crippen molar-refractivity contribution in [1.29, 1.82) is 0 Å². The van der Waals surface area contributed by atoms with Gasteiger partial charge in [-0.15, -0.1) is 11.8 Å². The molecule has 1 aliphatic heterocycles. The number of ether oxygens (including phenoxy) is 1. The van der Waals surface area contributed by atoms with E-state index in [1.54, 1.807) is 23.9 Å². The predicted molar refractivity (Wildman–Crippen MR) is 141 cm³/mol. The summed E-state index contributed by atoms with van der Waals surface area (Å²) in [5.74, 6) is 3.77. The Morgan fingerprint density at radius 2 is 1.78 bits per heavy atom. The minimum absolute atomic E-state index is 0.0171. The molecule has 4 bridgehead atoms. The van der Waals surface area contributed by atoms with Gasteiger partial charge in [0.15, 0.2) is 0 Å². The number of carbonyl (C=O) groups excluding carboxylic acids is 1. The molecule has 36 heavy (non-hydrogen) atoms. The quantitative estimate of drug-likeness (QED) is 0.386. The lowest BCUT2D eigenvalue weighted by Crippen LogP contribution is -2.60. The van der Waals surface area contributed by atoms with Crippen LogP contribution in [0.2, 0.25) is 0 Å². The Morgan fingerprint density at radius 1 is 1.06 bits per heavy atom. The van der Waals surface area contributed by atoms with E-state index in [9.17, 15) is 15.0 Å². The van der Waals surface area contributed by atoms with Gasteiger partial charge in [-0.1, -0.05) is 0 Å². The average molecular weight is 505 g/mol. The number of amides is 1. The number of fused-ring (bicyclic) bond motifs is 1. The number of thioether (sulfide) groups is 1. The second-order valence-electron chi connectivity index (χ2n) is 11.3. The average Bonchev–Trinajstić information content (AvgIpc) is 3.38. The Morgan fingerprint density at radius 3 is 2.44 bits per heavy atom. The van der Waals surface area contributed by atoms with Crippen LogP contribution in [0.25, 0.3) is 22.2 Å². The number of aromatic hydroxyl groups is 2. The molecule has 7 heteroatoms. The van der Waals surface area contributed by atoms with E-state index >= 15 is 0 Å². The van der Waals surface area contributed by atoms with Gasteiger partial charge in [0.1, 0.15) is 22.6 Å². The summed E-state index contributed by atoms with van der Waals surface area (Å²) in [6.45, 7) is 2.55. The summed E-state index contributed by atoms with van der Waals surface area (Å²) in [6.07, 6.45) is 7.35. The molecule has 6 nitrogen and oxygen atoms in total. The molecule has 4 aliphatic carbocycles. The van der Waals surface area contributed by atoms with E-state index in [4.69, 9.17) is 4.74 Å². The van der Waals surface area contributed by atoms with Crippen LogP contribution in [0.1, 0.15) is 56.4 Å². The number of H-pyrrole nitrogens is 1. The Bertz CT molecular complexity index is 1330. The molecule has 1 unspecified atom stereocenters. The molecule has 2 aromatic carbocycles. The molecule has 188 valence electrons. The fourth-order valence-electron chi connectivity index (χ4n) is 8.16. The van der Waals surface area contributed by atoms with Crippen LogP contribution in [0.3, 0.4) is 0 Å². The number of hydrogen-bond donors (Lipinski definition) is 3. The van der Waals surface area contributed by atoms with Crippen molar-refractivity contribution in [1.82, 2.24) is 9.88 Å². The number of nitrogens with one attached hydrogen (secondary N) is 1. The lowest BCUT2D eigenvalue weighted by Gasteiger charge is -2.60.